The topological polar surface area (TPSA) is 66.5 Å². The predicted molar refractivity (Wildman–Crippen MR) is 113 cm³/mol. The van der Waals surface area contributed by atoms with Crippen LogP contribution in [0.15, 0.2) is 18.2 Å². The van der Waals surface area contributed by atoms with Crippen molar-refractivity contribution in [3.8, 4) is 0 Å². The molecule has 0 spiro atoms. The summed E-state index contributed by atoms with van der Waals surface area (Å²) in [4.78, 5) is 12.6. The zero-order valence-electron chi connectivity index (χ0n) is 16.0. The Balaban J connectivity index is 1.56. The minimum Gasteiger partial charge on any atom is -0.356 e. The maximum absolute atomic E-state index is 12.8. The van der Waals surface area contributed by atoms with Crippen LogP contribution in [0.25, 0.3) is 0 Å². The van der Waals surface area contributed by atoms with E-state index < -0.39 is 10.0 Å². The summed E-state index contributed by atoms with van der Waals surface area (Å²) in [5.41, 5.74) is 0.596. The number of piperidine rings is 1. The molecular weight excluding hydrogens is 419 g/mol. The molecule has 1 aromatic rings. The van der Waals surface area contributed by atoms with Crippen LogP contribution in [0, 0.1) is 11.8 Å². The Morgan fingerprint density at radius 2 is 1.82 bits per heavy atom. The average Bonchev–Trinajstić information content (AvgIpc) is 2.69. The molecule has 5 nitrogen and oxygen atoms in total. The van der Waals surface area contributed by atoms with Crippen molar-refractivity contribution in [3.63, 3.8) is 0 Å². The molecule has 1 amide bonds. The number of amides is 1. The first-order valence-corrected chi connectivity index (χ1v) is 12.4. The Labute approximate surface area is 177 Å². The third-order valence-electron chi connectivity index (χ3n) is 5.77. The fourth-order valence-corrected chi connectivity index (χ4v) is 6.04. The van der Waals surface area contributed by atoms with E-state index in [1.165, 1.54) is 36.4 Å². The van der Waals surface area contributed by atoms with Gasteiger partial charge in [0.2, 0.25) is 15.9 Å². The third-order valence-corrected chi connectivity index (χ3v) is 8.33. The molecule has 0 bridgehead atoms. The van der Waals surface area contributed by atoms with Crippen LogP contribution in [0.2, 0.25) is 10.0 Å². The van der Waals surface area contributed by atoms with Crippen molar-refractivity contribution in [1.29, 1.82) is 0 Å². The van der Waals surface area contributed by atoms with Crippen LogP contribution in [-0.4, -0.2) is 38.3 Å². The first kappa shape index (κ1) is 21.9. The van der Waals surface area contributed by atoms with Gasteiger partial charge >= 0.3 is 0 Å². The fraction of sp³-hybridized carbons (Fsp3) is 0.650. The quantitative estimate of drug-likeness (QED) is 0.710. The Morgan fingerprint density at radius 3 is 2.54 bits per heavy atom. The van der Waals surface area contributed by atoms with Crippen LogP contribution in [0.3, 0.4) is 0 Å². The zero-order valence-corrected chi connectivity index (χ0v) is 18.3. The van der Waals surface area contributed by atoms with Gasteiger partial charge in [-0.25, -0.2) is 12.7 Å². The van der Waals surface area contributed by atoms with E-state index in [4.69, 9.17) is 23.2 Å². The summed E-state index contributed by atoms with van der Waals surface area (Å²) in [6.07, 6.45) is 7.55. The summed E-state index contributed by atoms with van der Waals surface area (Å²) in [5, 5.41) is 3.80. The maximum atomic E-state index is 12.8. The summed E-state index contributed by atoms with van der Waals surface area (Å²) in [6, 6.07) is 4.86. The van der Waals surface area contributed by atoms with E-state index in [1.54, 1.807) is 18.2 Å². The molecule has 1 unspecified atom stereocenters. The molecule has 2 aliphatic rings. The maximum Gasteiger partial charge on any atom is 0.224 e. The highest BCUT2D eigenvalue weighted by molar-refractivity contribution is 7.88. The second kappa shape index (κ2) is 9.79. The van der Waals surface area contributed by atoms with Gasteiger partial charge in [-0.1, -0.05) is 48.5 Å². The molecule has 1 aliphatic carbocycles. The summed E-state index contributed by atoms with van der Waals surface area (Å²) < 4.78 is 27.1. The van der Waals surface area contributed by atoms with E-state index in [0.29, 0.717) is 41.0 Å². The molecule has 1 atom stereocenters. The highest BCUT2D eigenvalue weighted by Gasteiger charge is 2.32. The number of sulfonamides is 1. The lowest BCUT2D eigenvalue weighted by Crippen LogP contribution is -2.46. The van der Waals surface area contributed by atoms with Crippen LogP contribution in [0.1, 0.15) is 50.5 Å². The molecule has 156 valence electrons. The minimum atomic E-state index is -3.52. The van der Waals surface area contributed by atoms with Gasteiger partial charge in [0.15, 0.2) is 0 Å². The first-order valence-electron chi connectivity index (χ1n) is 10.0. The van der Waals surface area contributed by atoms with Crippen LogP contribution >= 0.6 is 23.2 Å². The molecule has 28 heavy (non-hydrogen) atoms. The molecule has 1 heterocycles. The largest absolute Gasteiger partial charge is 0.356 e. The Bertz CT molecular complexity index is 795. The van der Waals surface area contributed by atoms with Crippen LogP contribution in [0.4, 0.5) is 0 Å². The first-order chi connectivity index (χ1) is 13.3. The number of nitrogens with zero attached hydrogens (tertiary/aromatic N) is 1. The van der Waals surface area contributed by atoms with Gasteiger partial charge < -0.3 is 5.32 Å². The Kier molecular flexibility index (Phi) is 7.65. The number of hydrogen-bond donors (Lipinski definition) is 1. The van der Waals surface area contributed by atoms with Gasteiger partial charge in [-0.05, 0) is 49.3 Å². The van der Waals surface area contributed by atoms with Gasteiger partial charge in [-0.3, -0.25) is 4.79 Å². The number of halogens is 2. The molecule has 1 saturated carbocycles. The van der Waals surface area contributed by atoms with Crippen LogP contribution in [0.5, 0.6) is 0 Å². The molecule has 1 aromatic carbocycles. The lowest BCUT2D eigenvalue weighted by atomic mass is 9.89. The SMILES string of the molecule is O=C(NCC1CCCCC1)C1CCCN(S(=O)(=O)Cc2ccc(Cl)c(Cl)c2)C1. The Morgan fingerprint density at radius 1 is 1.07 bits per heavy atom. The van der Waals surface area contributed by atoms with Crippen molar-refractivity contribution >= 4 is 39.1 Å². The number of rotatable bonds is 6. The molecule has 2 fully saturated rings. The summed E-state index contributed by atoms with van der Waals surface area (Å²) in [5.74, 6) is 0.136. The van der Waals surface area contributed by atoms with E-state index in [-0.39, 0.29) is 24.1 Å². The van der Waals surface area contributed by atoms with E-state index in [2.05, 4.69) is 5.32 Å². The monoisotopic (exact) mass is 446 g/mol. The second-order valence-electron chi connectivity index (χ2n) is 7.95. The highest BCUT2D eigenvalue weighted by Crippen LogP contribution is 2.26. The molecule has 3 rings (SSSR count). The van der Waals surface area contributed by atoms with Gasteiger partial charge in [0, 0.05) is 19.6 Å². The third kappa shape index (κ3) is 5.85. The predicted octanol–water partition coefficient (Wildman–Crippen LogP) is 4.23. The van der Waals surface area contributed by atoms with Crippen molar-refractivity contribution in [2.75, 3.05) is 19.6 Å². The Hall–Kier alpha value is -0.820. The van der Waals surface area contributed by atoms with E-state index in [9.17, 15) is 13.2 Å². The van der Waals surface area contributed by atoms with Gasteiger partial charge in [0.25, 0.3) is 0 Å². The number of carbonyl (C=O) groups is 1. The van der Waals surface area contributed by atoms with E-state index in [1.807, 2.05) is 0 Å². The van der Waals surface area contributed by atoms with E-state index in [0.717, 1.165) is 6.42 Å². The molecule has 0 aromatic heterocycles. The van der Waals surface area contributed by atoms with Crippen molar-refractivity contribution in [1.82, 2.24) is 9.62 Å². The smallest absolute Gasteiger partial charge is 0.224 e. The fourth-order valence-electron chi connectivity index (χ4n) is 4.12. The highest BCUT2D eigenvalue weighted by atomic mass is 35.5. The molecule has 1 N–H and O–H groups in total. The normalized spacial score (nSPS) is 22.1. The molecule has 1 saturated heterocycles. The van der Waals surface area contributed by atoms with Crippen LogP contribution < -0.4 is 5.32 Å². The number of benzene rings is 1. The summed E-state index contributed by atoms with van der Waals surface area (Å²) >= 11 is 11.9. The van der Waals surface area contributed by atoms with Gasteiger partial charge in [0.1, 0.15) is 0 Å². The lowest BCUT2D eigenvalue weighted by molar-refractivity contribution is -0.126. The van der Waals surface area contributed by atoms with Crippen molar-refractivity contribution in [3.05, 3.63) is 33.8 Å². The van der Waals surface area contributed by atoms with Gasteiger partial charge in [-0.2, -0.15) is 0 Å². The standard InChI is InChI=1S/C20H28Cl2N2O3S/c21-18-9-8-16(11-19(18)22)14-28(26,27)24-10-4-7-17(13-24)20(25)23-12-15-5-2-1-3-6-15/h8-9,11,15,17H,1-7,10,12-14H2,(H,23,25). The van der Waals surface area contributed by atoms with E-state index >= 15 is 0 Å². The number of hydrogen-bond acceptors (Lipinski definition) is 3. The average molecular weight is 447 g/mol. The molecular formula is C20H28Cl2N2O3S. The lowest BCUT2D eigenvalue weighted by Gasteiger charge is -2.32. The van der Waals surface area contributed by atoms with Crippen molar-refractivity contribution in [2.24, 2.45) is 11.8 Å². The van der Waals surface area contributed by atoms with Crippen LogP contribution in [-0.2, 0) is 20.6 Å². The number of carbonyl (C=O) groups excluding carboxylic acids is 1. The van der Waals surface area contributed by atoms with Crippen molar-refractivity contribution in [2.45, 2.75) is 50.7 Å². The molecule has 0 radical (unpaired) electrons. The number of nitrogens with one attached hydrogen (secondary N) is 1. The minimum absolute atomic E-state index is 0.0139. The molecule has 8 heteroatoms. The second-order valence-corrected chi connectivity index (χ2v) is 10.7. The van der Waals surface area contributed by atoms with Crippen molar-refractivity contribution < 1.29 is 13.2 Å². The zero-order chi connectivity index (χ0) is 20.1. The molecule has 1 aliphatic heterocycles. The summed E-state index contributed by atoms with van der Waals surface area (Å²) in [6.45, 7) is 1.42. The van der Waals surface area contributed by atoms with Gasteiger partial charge in [0.05, 0.1) is 21.7 Å². The van der Waals surface area contributed by atoms with Gasteiger partial charge in [-0.15, -0.1) is 0 Å². The summed E-state index contributed by atoms with van der Waals surface area (Å²) in [7, 11) is -3.52.